The minimum absolute atomic E-state index is 0.0103. The molecule has 0 heterocycles. The van der Waals surface area contributed by atoms with Crippen molar-refractivity contribution >= 4 is 0 Å². The highest BCUT2D eigenvalue weighted by atomic mass is 17.3. The monoisotopic (exact) mass is 849 g/mol. The molecule has 0 aliphatic heterocycles. The molecule has 0 aromatic rings. The van der Waals surface area contributed by atoms with E-state index in [9.17, 15) is 0 Å². The molecule has 352 valence electrons. The third-order valence-electron chi connectivity index (χ3n) is 10.5. The summed E-state index contributed by atoms with van der Waals surface area (Å²) >= 11 is 0. The van der Waals surface area contributed by atoms with Crippen molar-refractivity contribution in [1.82, 2.24) is 0 Å². The standard InChI is InChI=1S/C47H92O12/c1-38(2,3)50-48-36-25-23-34(24-26-36)46(22,35-27-29-47(30-28-35,58-54-42(13,14)15)59-55-43(16,17)18)37(49-51-39(4,5)6)33-45(21,57-53-41(10,11)12)32-31-44(19,20)56-52-40(7,8)9/h34-37H,23-33H2,1-22H3. The molecule has 0 aromatic carbocycles. The predicted octanol–water partition coefficient (Wildman–Crippen LogP) is 13.0. The van der Waals surface area contributed by atoms with Crippen LogP contribution in [0, 0.1) is 17.3 Å². The molecule has 3 atom stereocenters. The van der Waals surface area contributed by atoms with Gasteiger partial charge in [-0.3, -0.25) is 0 Å². The van der Waals surface area contributed by atoms with E-state index in [0.717, 1.165) is 38.5 Å². The topological polar surface area (TPSA) is 111 Å². The van der Waals surface area contributed by atoms with Gasteiger partial charge in [0.05, 0.1) is 45.3 Å². The van der Waals surface area contributed by atoms with Crippen molar-refractivity contribution in [2.75, 3.05) is 0 Å². The van der Waals surface area contributed by atoms with Crippen LogP contribution in [0.4, 0.5) is 0 Å². The van der Waals surface area contributed by atoms with E-state index in [1.807, 2.05) is 138 Å². The zero-order valence-corrected chi connectivity index (χ0v) is 42.0. The molecule has 59 heavy (non-hydrogen) atoms. The third kappa shape index (κ3) is 21.2. The SMILES string of the molecule is CC(C)(C)OOC1CCC(C(C)(C2CCC(OOC(C)(C)C)(OOC(C)(C)C)CC2)C(CC(C)(CCC(C)(C)OOC(C)(C)C)OOC(C)(C)C)OOC(C)(C)C)CC1. The zero-order chi connectivity index (χ0) is 45.6. The first-order valence-electron chi connectivity index (χ1n) is 22.5. The first kappa shape index (κ1) is 54.7. The molecule has 2 aliphatic rings. The Labute approximate surface area is 360 Å². The van der Waals surface area contributed by atoms with Gasteiger partial charge in [-0.15, -0.1) is 0 Å². The van der Waals surface area contributed by atoms with Crippen molar-refractivity contribution in [2.24, 2.45) is 17.3 Å². The minimum atomic E-state index is -1.08. The fourth-order valence-corrected chi connectivity index (χ4v) is 7.32. The molecule has 2 rings (SSSR count). The first-order valence-corrected chi connectivity index (χ1v) is 22.5. The molecule has 0 aromatic heterocycles. The lowest BCUT2D eigenvalue weighted by Crippen LogP contribution is -2.54. The second kappa shape index (κ2) is 20.6. The third-order valence-corrected chi connectivity index (χ3v) is 10.5. The Morgan fingerprint density at radius 3 is 1.25 bits per heavy atom. The summed E-state index contributed by atoms with van der Waals surface area (Å²) in [4.78, 5) is 73.9. The lowest BCUT2D eigenvalue weighted by molar-refractivity contribution is -0.547. The van der Waals surface area contributed by atoms with Crippen LogP contribution in [-0.2, 0) is 58.7 Å². The second-order valence-corrected chi connectivity index (χ2v) is 24.6. The van der Waals surface area contributed by atoms with Gasteiger partial charge >= 0.3 is 0 Å². The van der Waals surface area contributed by atoms with Gasteiger partial charge in [-0.1, -0.05) is 6.92 Å². The highest BCUT2D eigenvalue weighted by Crippen LogP contribution is 2.56. The predicted molar refractivity (Wildman–Crippen MR) is 230 cm³/mol. The van der Waals surface area contributed by atoms with E-state index in [4.69, 9.17) is 58.7 Å². The maximum Gasteiger partial charge on any atom is 0.234 e. The van der Waals surface area contributed by atoms with E-state index in [0.29, 0.717) is 32.1 Å². The number of hydrogen-bond acceptors (Lipinski definition) is 12. The second-order valence-electron chi connectivity index (χ2n) is 24.6. The van der Waals surface area contributed by atoms with Crippen LogP contribution in [0.5, 0.6) is 0 Å². The molecule has 0 bridgehead atoms. The van der Waals surface area contributed by atoms with E-state index in [1.54, 1.807) is 0 Å². The van der Waals surface area contributed by atoms with E-state index in [-0.39, 0.29) is 17.9 Å². The molecule has 0 radical (unpaired) electrons. The Morgan fingerprint density at radius 1 is 0.424 bits per heavy atom. The summed E-state index contributed by atoms with van der Waals surface area (Å²) in [6, 6.07) is 0. The summed E-state index contributed by atoms with van der Waals surface area (Å²) in [6.45, 7) is 44.4. The molecular weight excluding hydrogens is 757 g/mol. The van der Waals surface area contributed by atoms with E-state index in [1.165, 1.54) is 0 Å². The Balaban J connectivity index is 2.65. The quantitative estimate of drug-likeness (QED) is 0.0660. The van der Waals surface area contributed by atoms with Gasteiger partial charge < -0.3 is 0 Å². The molecule has 12 heteroatoms. The van der Waals surface area contributed by atoms with Crippen molar-refractivity contribution in [1.29, 1.82) is 0 Å². The number of hydrogen-bond donors (Lipinski definition) is 0. The summed E-state index contributed by atoms with van der Waals surface area (Å²) in [7, 11) is 0. The Bertz CT molecular complexity index is 1190. The lowest BCUT2D eigenvalue weighted by atomic mass is 9.55. The average Bonchev–Trinajstić information content (AvgIpc) is 3.07. The van der Waals surface area contributed by atoms with E-state index < -0.39 is 62.1 Å². The van der Waals surface area contributed by atoms with Crippen LogP contribution in [0.15, 0.2) is 0 Å². The maximum atomic E-state index is 6.83. The normalized spacial score (nSPS) is 23.5. The fourth-order valence-electron chi connectivity index (χ4n) is 7.32. The Hall–Kier alpha value is -0.480. The van der Waals surface area contributed by atoms with Gasteiger partial charge in [-0.25, -0.2) is 48.9 Å². The van der Waals surface area contributed by atoms with Crippen LogP contribution in [-0.4, -0.2) is 62.8 Å². The molecule has 3 unspecified atom stereocenters. The van der Waals surface area contributed by atoms with Crippen LogP contribution in [0.2, 0.25) is 0 Å². The molecule has 2 aliphatic carbocycles. The number of rotatable bonds is 20. The van der Waals surface area contributed by atoms with Crippen molar-refractivity contribution in [3.05, 3.63) is 0 Å². The van der Waals surface area contributed by atoms with Gasteiger partial charge in [-0.05, 0) is 209 Å². The molecule has 2 saturated carbocycles. The molecule has 0 amide bonds. The molecule has 0 saturated heterocycles. The summed E-state index contributed by atoms with van der Waals surface area (Å²) < 4.78 is 0. The van der Waals surface area contributed by atoms with Gasteiger partial charge in [-0.2, -0.15) is 9.78 Å². The molecule has 0 N–H and O–H groups in total. The van der Waals surface area contributed by atoms with E-state index in [2.05, 4.69) is 13.8 Å². The largest absolute Gasteiger partial charge is 0.234 e. The van der Waals surface area contributed by atoms with Gasteiger partial charge in [0.25, 0.3) is 0 Å². The Morgan fingerprint density at radius 2 is 0.831 bits per heavy atom. The van der Waals surface area contributed by atoms with Crippen molar-refractivity contribution in [3.63, 3.8) is 0 Å². The van der Waals surface area contributed by atoms with Gasteiger partial charge in [0, 0.05) is 24.7 Å². The van der Waals surface area contributed by atoms with Gasteiger partial charge in [0.1, 0.15) is 11.7 Å². The average molecular weight is 849 g/mol. The summed E-state index contributed by atoms with van der Waals surface area (Å²) in [5.74, 6) is -0.638. The van der Waals surface area contributed by atoms with Crippen LogP contribution in [0.25, 0.3) is 0 Å². The molecule has 2 fully saturated rings. The molecular formula is C47H92O12. The van der Waals surface area contributed by atoms with Crippen LogP contribution >= 0.6 is 0 Å². The fraction of sp³-hybridized carbons (Fsp3) is 1.00. The summed E-state index contributed by atoms with van der Waals surface area (Å²) in [5, 5.41) is 0. The summed E-state index contributed by atoms with van der Waals surface area (Å²) in [5.41, 5.74) is -4.85. The smallest absolute Gasteiger partial charge is 0.233 e. The van der Waals surface area contributed by atoms with Crippen molar-refractivity contribution < 1.29 is 58.7 Å². The van der Waals surface area contributed by atoms with Crippen molar-refractivity contribution in [3.8, 4) is 0 Å². The van der Waals surface area contributed by atoms with Crippen LogP contribution in [0.1, 0.15) is 223 Å². The zero-order valence-electron chi connectivity index (χ0n) is 42.0. The van der Waals surface area contributed by atoms with Crippen LogP contribution in [0.3, 0.4) is 0 Å². The highest BCUT2D eigenvalue weighted by molar-refractivity contribution is 5.01. The maximum absolute atomic E-state index is 6.83. The van der Waals surface area contributed by atoms with Gasteiger partial charge in [0.2, 0.25) is 5.79 Å². The van der Waals surface area contributed by atoms with Crippen molar-refractivity contribution in [2.45, 2.75) is 286 Å². The van der Waals surface area contributed by atoms with E-state index >= 15 is 0 Å². The first-order chi connectivity index (χ1) is 26.3. The lowest BCUT2D eigenvalue weighted by Gasteiger charge is -2.54. The highest BCUT2D eigenvalue weighted by Gasteiger charge is 2.55. The molecule has 12 nitrogen and oxygen atoms in total. The summed E-state index contributed by atoms with van der Waals surface area (Å²) in [6.07, 6.45) is 7.59. The molecule has 0 spiro atoms. The Kier molecular flexibility index (Phi) is 19.1. The van der Waals surface area contributed by atoms with Gasteiger partial charge in [0.15, 0.2) is 0 Å². The minimum Gasteiger partial charge on any atom is -0.233 e. The van der Waals surface area contributed by atoms with Crippen LogP contribution < -0.4 is 0 Å².